The number of hydrogen-bond donors (Lipinski definition) is 1. The molecule has 5 nitrogen and oxygen atoms in total. The van der Waals surface area contributed by atoms with Gasteiger partial charge in [-0.05, 0) is 32.0 Å². The minimum Gasteiger partial charge on any atom is -0.489 e. The third-order valence-corrected chi connectivity index (χ3v) is 4.48. The zero-order valence-corrected chi connectivity index (χ0v) is 12.9. The molecule has 0 aliphatic carbocycles. The highest BCUT2D eigenvalue weighted by molar-refractivity contribution is 5.76. The molecule has 23 heavy (non-hydrogen) atoms. The second-order valence-electron chi connectivity index (χ2n) is 6.36. The SMILES string of the molecule is CC1(C)N(CC(N)=O)CC2COc3ccc(C(F)(F)F)cc3N21. The quantitative estimate of drug-likeness (QED) is 0.899. The number of nitrogens with zero attached hydrogens (tertiary/aromatic N) is 2. The highest BCUT2D eigenvalue weighted by atomic mass is 19.4. The molecule has 0 saturated carbocycles. The molecule has 2 aliphatic rings. The maximum absolute atomic E-state index is 13.0. The van der Waals surface area contributed by atoms with Crippen molar-refractivity contribution in [3.63, 3.8) is 0 Å². The van der Waals surface area contributed by atoms with Crippen LogP contribution in [0.2, 0.25) is 0 Å². The fraction of sp³-hybridized carbons (Fsp3) is 0.533. The summed E-state index contributed by atoms with van der Waals surface area (Å²) in [6, 6.07) is 3.35. The molecule has 1 fully saturated rings. The topological polar surface area (TPSA) is 58.8 Å². The smallest absolute Gasteiger partial charge is 0.416 e. The number of nitrogens with two attached hydrogens (primary N) is 1. The van der Waals surface area contributed by atoms with Crippen molar-refractivity contribution in [1.29, 1.82) is 0 Å². The van der Waals surface area contributed by atoms with E-state index in [4.69, 9.17) is 10.5 Å². The van der Waals surface area contributed by atoms with Crippen molar-refractivity contribution in [2.45, 2.75) is 31.7 Å². The second kappa shape index (κ2) is 5.02. The summed E-state index contributed by atoms with van der Waals surface area (Å²) < 4.78 is 44.6. The third-order valence-electron chi connectivity index (χ3n) is 4.48. The van der Waals surface area contributed by atoms with E-state index in [2.05, 4.69) is 0 Å². The van der Waals surface area contributed by atoms with E-state index >= 15 is 0 Å². The van der Waals surface area contributed by atoms with Gasteiger partial charge in [0.25, 0.3) is 0 Å². The van der Waals surface area contributed by atoms with Gasteiger partial charge in [0, 0.05) is 6.54 Å². The number of rotatable bonds is 2. The van der Waals surface area contributed by atoms with Crippen LogP contribution in [0.15, 0.2) is 18.2 Å². The van der Waals surface area contributed by atoms with Crippen molar-refractivity contribution < 1.29 is 22.7 Å². The lowest BCUT2D eigenvalue weighted by Crippen LogP contribution is -2.53. The molecule has 0 spiro atoms. The molecular weight excluding hydrogens is 311 g/mol. The van der Waals surface area contributed by atoms with E-state index in [1.165, 1.54) is 6.07 Å². The average Bonchev–Trinajstić information content (AvgIpc) is 2.68. The van der Waals surface area contributed by atoms with Gasteiger partial charge in [0.15, 0.2) is 0 Å². The molecule has 1 saturated heterocycles. The number of fused-ring (bicyclic) bond motifs is 3. The molecule has 2 aliphatic heterocycles. The Morgan fingerprint density at radius 1 is 1.43 bits per heavy atom. The normalized spacial score (nSPS) is 23.2. The van der Waals surface area contributed by atoms with Crippen molar-refractivity contribution in [3.8, 4) is 5.75 Å². The summed E-state index contributed by atoms with van der Waals surface area (Å²) in [7, 11) is 0. The maximum Gasteiger partial charge on any atom is 0.416 e. The molecule has 1 aromatic carbocycles. The number of carbonyl (C=O) groups excluding carboxylic acids is 1. The number of hydrogen-bond acceptors (Lipinski definition) is 4. The Bertz CT molecular complexity index is 645. The van der Waals surface area contributed by atoms with Crippen molar-refractivity contribution >= 4 is 11.6 Å². The summed E-state index contributed by atoms with van der Waals surface area (Å²) in [5.74, 6) is -0.0497. The number of amides is 1. The van der Waals surface area contributed by atoms with Crippen molar-refractivity contribution in [3.05, 3.63) is 23.8 Å². The van der Waals surface area contributed by atoms with Crippen LogP contribution in [0.5, 0.6) is 5.75 Å². The Morgan fingerprint density at radius 3 is 2.74 bits per heavy atom. The fourth-order valence-electron chi connectivity index (χ4n) is 3.41. The van der Waals surface area contributed by atoms with Crippen molar-refractivity contribution in [1.82, 2.24) is 4.90 Å². The lowest BCUT2D eigenvalue weighted by Gasteiger charge is -2.43. The number of benzene rings is 1. The van der Waals surface area contributed by atoms with Gasteiger partial charge >= 0.3 is 6.18 Å². The molecule has 8 heteroatoms. The molecule has 1 unspecified atom stereocenters. The summed E-state index contributed by atoms with van der Waals surface area (Å²) in [5.41, 5.74) is 4.32. The first-order valence-corrected chi connectivity index (χ1v) is 7.27. The number of primary amides is 1. The van der Waals surface area contributed by atoms with Crippen LogP contribution < -0.4 is 15.4 Å². The molecule has 1 atom stereocenters. The largest absolute Gasteiger partial charge is 0.489 e. The Hall–Kier alpha value is -1.96. The fourth-order valence-corrected chi connectivity index (χ4v) is 3.41. The summed E-state index contributed by atoms with van der Waals surface area (Å²) >= 11 is 0. The molecule has 0 radical (unpaired) electrons. The van der Waals surface area contributed by atoms with Gasteiger partial charge in [0.05, 0.1) is 29.5 Å². The first kappa shape index (κ1) is 15.9. The van der Waals surface area contributed by atoms with Crippen LogP contribution in [0.25, 0.3) is 0 Å². The van der Waals surface area contributed by atoms with E-state index in [0.29, 0.717) is 24.6 Å². The number of ether oxygens (including phenoxy) is 1. The van der Waals surface area contributed by atoms with E-state index < -0.39 is 23.3 Å². The Morgan fingerprint density at radius 2 is 2.13 bits per heavy atom. The van der Waals surface area contributed by atoms with Gasteiger partial charge in [-0.1, -0.05) is 0 Å². The van der Waals surface area contributed by atoms with Crippen LogP contribution in [0.1, 0.15) is 19.4 Å². The van der Waals surface area contributed by atoms with Gasteiger partial charge in [0.1, 0.15) is 12.4 Å². The maximum atomic E-state index is 13.0. The molecular formula is C15H18F3N3O2. The molecule has 1 aromatic rings. The number of alkyl halides is 3. The van der Waals surface area contributed by atoms with Gasteiger partial charge in [-0.2, -0.15) is 13.2 Å². The molecule has 1 amide bonds. The highest BCUT2D eigenvalue weighted by Crippen LogP contribution is 2.45. The average molecular weight is 329 g/mol. The third kappa shape index (κ3) is 2.60. The first-order valence-electron chi connectivity index (χ1n) is 7.27. The molecule has 0 aromatic heterocycles. The van der Waals surface area contributed by atoms with E-state index in [1.54, 1.807) is 0 Å². The molecule has 126 valence electrons. The van der Waals surface area contributed by atoms with E-state index in [-0.39, 0.29) is 12.6 Å². The summed E-state index contributed by atoms with van der Waals surface area (Å²) in [4.78, 5) is 15.0. The Labute approximate surface area is 131 Å². The van der Waals surface area contributed by atoms with Crippen molar-refractivity contribution in [2.24, 2.45) is 5.73 Å². The van der Waals surface area contributed by atoms with Gasteiger partial charge in [0.2, 0.25) is 5.91 Å². The van der Waals surface area contributed by atoms with Gasteiger partial charge < -0.3 is 15.4 Å². The Kier molecular flexibility index (Phi) is 3.47. The number of carbonyl (C=O) groups is 1. The number of anilines is 1. The van der Waals surface area contributed by atoms with Gasteiger partial charge in [-0.15, -0.1) is 0 Å². The van der Waals surface area contributed by atoms with Crippen LogP contribution in [-0.4, -0.2) is 42.2 Å². The lowest BCUT2D eigenvalue weighted by atomic mass is 10.1. The minimum absolute atomic E-state index is 0.0499. The summed E-state index contributed by atoms with van der Waals surface area (Å²) in [6.45, 7) is 4.65. The van der Waals surface area contributed by atoms with E-state index in [0.717, 1.165) is 12.1 Å². The van der Waals surface area contributed by atoms with Gasteiger partial charge in [-0.3, -0.25) is 9.69 Å². The molecule has 2 N–H and O–H groups in total. The van der Waals surface area contributed by atoms with E-state index in [1.807, 2.05) is 23.6 Å². The highest BCUT2D eigenvalue weighted by Gasteiger charge is 2.49. The zero-order valence-electron chi connectivity index (χ0n) is 12.9. The van der Waals surface area contributed by atoms with Crippen molar-refractivity contribution in [2.75, 3.05) is 24.6 Å². The molecule has 2 heterocycles. The number of halogens is 3. The molecule has 3 rings (SSSR count). The van der Waals surface area contributed by atoms with Gasteiger partial charge in [-0.25, -0.2) is 0 Å². The standard InChI is InChI=1S/C15H18F3N3O2/c1-14(2)20(7-13(19)22)6-10-8-23-12-4-3-9(15(16,17)18)5-11(12)21(10)14/h3-5,10H,6-8H2,1-2H3,(H2,19,22). The van der Waals surface area contributed by atoms with Crippen LogP contribution in [0.3, 0.4) is 0 Å². The predicted octanol–water partition coefficient (Wildman–Crippen LogP) is 1.81. The second-order valence-corrected chi connectivity index (χ2v) is 6.36. The monoisotopic (exact) mass is 329 g/mol. The lowest BCUT2D eigenvalue weighted by molar-refractivity contribution is -0.137. The van der Waals surface area contributed by atoms with Crippen LogP contribution in [0.4, 0.5) is 18.9 Å². The Balaban J connectivity index is 2.03. The first-order chi connectivity index (χ1) is 10.6. The molecule has 0 bridgehead atoms. The van der Waals surface area contributed by atoms with Crippen LogP contribution >= 0.6 is 0 Å². The zero-order chi connectivity index (χ0) is 17.0. The predicted molar refractivity (Wildman–Crippen MR) is 78.1 cm³/mol. The van der Waals surface area contributed by atoms with Crippen LogP contribution in [-0.2, 0) is 11.0 Å². The van der Waals surface area contributed by atoms with Crippen LogP contribution in [0, 0.1) is 0 Å². The summed E-state index contributed by atoms with van der Waals surface area (Å²) in [5, 5.41) is 0. The van der Waals surface area contributed by atoms with E-state index in [9.17, 15) is 18.0 Å². The minimum atomic E-state index is -4.42. The summed E-state index contributed by atoms with van der Waals surface area (Å²) in [6.07, 6.45) is -4.42.